The van der Waals surface area contributed by atoms with Gasteiger partial charge in [0.25, 0.3) is 0 Å². The van der Waals surface area contributed by atoms with Gasteiger partial charge in [-0.2, -0.15) is 0 Å². The van der Waals surface area contributed by atoms with Crippen LogP contribution >= 0.6 is 0 Å². The molecule has 18 heavy (non-hydrogen) atoms. The topological polar surface area (TPSA) is 52.6 Å². The van der Waals surface area contributed by atoms with Crippen molar-refractivity contribution in [1.29, 1.82) is 0 Å². The largest absolute Gasteiger partial charge is 0.457 e. The first-order chi connectivity index (χ1) is 8.74. The van der Waals surface area contributed by atoms with Gasteiger partial charge < -0.3 is 9.47 Å². The van der Waals surface area contributed by atoms with Crippen LogP contribution in [0.1, 0.15) is 31.7 Å². The molecular formula is C14H18O4. The first-order valence-electron chi connectivity index (χ1n) is 6.12. The standard InChI is InChI=1S/C14H18O4/c1-2-3-7-10-17-13(15)14(16)18-11-12-8-5-4-6-9-12/h4-6,8-9H,2-3,7,10-11H2,1H3. The van der Waals surface area contributed by atoms with Crippen LogP contribution in [0.5, 0.6) is 0 Å². The SMILES string of the molecule is CCCCCOC(=O)C(=O)OCc1ccccc1. The zero-order chi connectivity index (χ0) is 13.2. The van der Waals surface area contributed by atoms with Crippen LogP contribution in [0, 0.1) is 0 Å². The molecule has 1 rings (SSSR count). The molecule has 0 aliphatic heterocycles. The Morgan fingerprint density at radius 2 is 1.67 bits per heavy atom. The number of hydrogen-bond donors (Lipinski definition) is 0. The number of unbranched alkanes of at least 4 members (excludes halogenated alkanes) is 2. The van der Waals surface area contributed by atoms with Gasteiger partial charge in [0, 0.05) is 0 Å². The fourth-order valence-corrected chi connectivity index (χ4v) is 1.36. The first-order valence-corrected chi connectivity index (χ1v) is 6.12. The maximum absolute atomic E-state index is 11.3. The number of ether oxygens (including phenoxy) is 2. The van der Waals surface area contributed by atoms with Crippen LogP contribution in [-0.4, -0.2) is 18.5 Å². The number of carbonyl (C=O) groups excluding carboxylic acids is 2. The van der Waals surface area contributed by atoms with Crippen LogP contribution in [0.3, 0.4) is 0 Å². The maximum atomic E-state index is 11.3. The van der Waals surface area contributed by atoms with Crippen LogP contribution in [0.25, 0.3) is 0 Å². The summed E-state index contributed by atoms with van der Waals surface area (Å²) >= 11 is 0. The van der Waals surface area contributed by atoms with Crippen molar-refractivity contribution in [1.82, 2.24) is 0 Å². The molecule has 4 heteroatoms. The summed E-state index contributed by atoms with van der Waals surface area (Å²) in [6, 6.07) is 9.19. The molecule has 0 fully saturated rings. The van der Waals surface area contributed by atoms with E-state index in [1.165, 1.54) is 0 Å². The lowest BCUT2D eigenvalue weighted by Gasteiger charge is -2.05. The van der Waals surface area contributed by atoms with E-state index in [0.717, 1.165) is 24.8 Å². The van der Waals surface area contributed by atoms with Gasteiger partial charge >= 0.3 is 11.9 Å². The Morgan fingerprint density at radius 3 is 2.33 bits per heavy atom. The average Bonchev–Trinajstić information content (AvgIpc) is 2.42. The molecule has 1 aromatic rings. The van der Waals surface area contributed by atoms with E-state index in [4.69, 9.17) is 9.47 Å². The number of esters is 2. The third kappa shape index (κ3) is 5.48. The monoisotopic (exact) mass is 250 g/mol. The summed E-state index contributed by atoms with van der Waals surface area (Å²) in [6.45, 7) is 2.41. The van der Waals surface area contributed by atoms with Crippen LogP contribution in [0.4, 0.5) is 0 Å². The zero-order valence-corrected chi connectivity index (χ0v) is 10.6. The van der Waals surface area contributed by atoms with E-state index >= 15 is 0 Å². The van der Waals surface area contributed by atoms with E-state index in [0.29, 0.717) is 0 Å². The van der Waals surface area contributed by atoms with Gasteiger partial charge in [0.2, 0.25) is 0 Å². The van der Waals surface area contributed by atoms with E-state index in [2.05, 4.69) is 6.92 Å². The van der Waals surface area contributed by atoms with Gasteiger partial charge in [0.15, 0.2) is 0 Å². The maximum Gasteiger partial charge on any atom is 0.417 e. The molecule has 0 N–H and O–H groups in total. The minimum absolute atomic E-state index is 0.0870. The lowest BCUT2D eigenvalue weighted by atomic mass is 10.2. The Morgan fingerprint density at radius 1 is 1.00 bits per heavy atom. The Bertz CT molecular complexity index is 373. The molecule has 1 aromatic carbocycles. The minimum atomic E-state index is -0.935. The highest BCUT2D eigenvalue weighted by Gasteiger charge is 2.16. The summed E-state index contributed by atoms with van der Waals surface area (Å²) in [7, 11) is 0. The fourth-order valence-electron chi connectivity index (χ4n) is 1.36. The van der Waals surface area contributed by atoms with Crippen LogP contribution < -0.4 is 0 Å². The quantitative estimate of drug-likeness (QED) is 0.442. The molecule has 0 saturated heterocycles. The molecule has 0 aromatic heterocycles. The second-order valence-electron chi connectivity index (χ2n) is 3.90. The van der Waals surface area contributed by atoms with Crippen molar-refractivity contribution >= 4 is 11.9 Å². The van der Waals surface area contributed by atoms with Crippen molar-refractivity contribution in [2.75, 3.05) is 6.61 Å². The third-order valence-electron chi connectivity index (χ3n) is 2.36. The first kappa shape index (κ1) is 14.2. The minimum Gasteiger partial charge on any atom is -0.457 e. The molecule has 0 saturated carbocycles. The zero-order valence-electron chi connectivity index (χ0n) is 10.6. The molecule has 0 bridgehead atoms. The van der Waals surface area contributed by atoms with E-state index < -0.39 is 11.9 Å². The molecule has 0 atom stereocenters. The average molecular weight is 250 g/mol. The lowest BCUT2D eigenvalue weighted by molar-refractivity contribution is -0.168. The molecule has 0 spiro atoms. The summed E-state index contributed by atoms with van der Waals surface area (Å²) in [5.41, 5.74) is 0.838. The Kier molecular flexibility index (Phi) is 6.54. The summed E-state index contributed by atoms with van der Waals surface area (Å²) < 4.78 is 9.61. The fraction of sp³-hybridized carbons (Fsp3) is 0.429. The number of carbonyl (C=O) groups is 2. The summed E-state index contributed by atoms with van der Waals surface area (Å²) in [5.74, 6) is -1.85. The predicted octanol–water partition coefficient (Wildman–Crippen LogP) is 2.46. The molecule has 0 aliphatic carbocycles. The highest BCUT2D eigenvalue weighted by molar-refractivity contribution is 6.29. The molecular weight excluding hydrogens is 232 g/mol. The summed E-state index contributed by atoms with van der Waals surface area (Å²) in [6.07, 6.45) is 2.79. The molecule has 0 radical (unpaired) electrons. The Labute approximate surface area is 107 Å². The molecule has 0 amide bonds. The van der Waals surface area contributed by atoms with Gasteiger partial charge in [0.05, 0.1) is 6.61 Å². The van der Waals surface area contributed by atoms with Crippen LogP contribution in [0.2, 0.25) is 0 Å². The highest BCUT2D eigenvalue weighted by Crippen LogP contribution is 2.01. The van der Waals surface area contributed by atoms with Crippen molar-refractivity contribution in [3.05, 3.63) is 35.9 Å². The Hall–Kier alpha value is -1.84. The second kappa shape index (κ2) is 8.28. The van der Waals surface area contributed by atoms with E-state index in [-0.39, 0.29) is 13.2 Å². The summed E-state index contributed by atoms with van der Waals surface area (Å²) in [5, 5.41) is 0. The third-order valence-corrected chi connectivity index (χ3v) is 2.36. The van der Waals surface area contributed by atoms with E-state index in [9.17, 15) is 9.59 Å². The van der Waals surface area contributed by atoms with Crippen molar-refractivity contribution in [3.8, 4) is 0 Å². The van der Waals surface area contributed by atoms with Gasteiger partial charge in [-0.25, -0.2) is 9.59 Å². The van der Waals surface area contributed by atoms with Gasteiger partial charge in [-0.05, 0) is 12.0 Å². The van der Waals surface area contributed by atoms with Crippen LogP contribution in [-0.2, 0) is 25.7 Å². The van der Waals surface area contributed by atoms with Gasteiger partial charge in [-0.1, -0.05) is 50.1 Å². The van der Waals surface area contributed by atoms with Crippen LogP contribution in [0.15, 0.2) is 30.3 Å². The van der Waals surface area contributed by atoms with Gasteiger partial charge in [-0.3, -0.25) is 0 Å². The number of hydrogen-bond acceptors (Lipinski definition) is 4. The smallest absolute Gasteiger partial charge is 0.417 e. The summed E-state index contributed by atoms with van der Waals surface area (Å²) in [4.78, 5) is 22.5. The van der Waals surface area contributed by atoms with Crippen molar-refractivity contribution in [2.45, 2.75) is 32.8 Å². The van der Waals surface area contributed by atoms with Crippen molar-refractivity contribution in [3.63, 3.8) is 0 Å². The molecule has 4 nitrogen and oxygen atoms in total. The predicted molar refractivity (Wildman–Crippen MR) is 66.7 cm³/mol. The van der Waals surface area contributed by atoms with Gasteiger partial charge in [0.1, 0.15) is 6.61 Å². The normalized spacial score (nSPS) is 9.83. The molecule has 0 heterocycles. The number of rotatable bonds is 6. The van der Waals surface area contributed by atoms with E-state index in [1.54, 1.807) is 0 Å². The molecule has 0 unspecified atom stereocenters. The second-order valence-corrected chi connectivity index (χ2v) is 3.90. The highest BCUT2D eigenvalue weighted by atomic mass is 16.6. The van der Waals surface area contributed by atoms with Crippen molar-refractivity contribution < 1.29 is 19.1 Å². The van der Waals surface area contributed by atoms with Crippen molar-refractivity contribution in [2.24, 2.45) is 0 Å². The molecule has 98 valence electrons. The Balaban J connectivity index is 2.22. The lowest BCUT2D eigenvalue weighted by Crippen LogP contribution is -2.20. The molecule has 0 aliphatic rings. The number of benzene rings is 1. The van der Waals surface area contributed by atoms with E-state index in [1.807, 2.05) is 30.3 Å². The van der Waals surface area contributed by atoms with Gasteiger partial charge in [-0.15, -0.1) is 0 Å².